The maximum atomic E-state index is 13.8. The number of hydrogen-bond acceptors (Lipinski definition) is 8. The summed E-state index contributed by atoms with van der Waals surface area (Å²) in [7, 11) is 3.93. The number of nitrogens with zero attached hydrogens (tertiary/aromatic N) is 3. The quantitative estimate of drug-likeness (QED) is 0.308. The lowest BCUT2D eigenvalue weighted by atomic mass is 9.94. The lowest BCUT2D eigenvalue weighted by Crippen LogP contribution is -2.33. The number of hydrogen-bond donors (Lipinski definition) is 1. The summed E-state index contributed by atoms with van der Waals surface area (Å²) in [6.07, 6.45) is 0.680. The summed E-state index contributed by atoms with van der Waals surface area (Å²) in [6, 6.07) is 14.5. The van der Waals surface area contributed by atoms with Crippen molar-refractivity contribution in [3.8, 4) is 11.5 Å². The topological polar surface area (TPSA) is 92.2 Å². The van der Waals surface area contributed by atoms with Gasteiger partial charge in [0, 0.05) is 6.54 Å². The van der Waals surface area contributed by atoms with Crippen LogP contribution in [0.1, 0.15) is 50.9 Å². The van der Waals surface area contributed by atoms with Crippen molar-refractivity contribution in [2.75, 3.05) is 33.8 Å². The van der Waals surface area contributed by atoms with E-state index in [9.17, 15) is 14.7 Å². The van der Waals surface area contributed by atoms with Gasteiger partial charge in [-0.05, 0) is 71.1 Å². The number of aliphatic hydroxyl groups is 1. The fraction of sp³-hybridized carbons (Fsp3) is 0.367. The Morgan fingerprint density at radius 2 is 1.85 bits per heavy atom. The first-order valence-corrected chi connectivity index (χ1v) is 13.8. The molecule has 1 atom stereocenters. The van der Waals surface area contributed by atoms with Gasteiger partial charge in [0.05, 0.1) is 33.8 Å². The van der Waals surface area contributed by atoms with Gasteiger partial charge in [-0.1, -0.05) is 36.4 Å². The molecule has 2 heterocycles. The third-order valence-corrected chi connectivity index (χ3v) is 7.55. The number of carbonyl (C=O) groups excluding carboxylic acids is 2. The summed E-state index contributed by atoms with van der Waals surface area (Å²) in [5.41, 5.74) is 2.33. The van der Waals surface area contributed by atoms with Gasteiger partial charge in [0.25, 0.3) is 5.91 Å². The maximum Gasteiger partial charge on any atom is 0.290 e. The van der Waals surface area contributed by atoms with Crippen molar-refractivity contribution in [1.82, 2.24) is 14.8 Å². The number of ether oxygens (including phenoxy) is 2. The van der Waals surface area contributed by atoms with Gasteiger partial charge < -0.3 is 24.4 Å². The maximum absolute atomic E-state index is 13.8. The van der Waals surface area contributed by atoms with E-state index in [-0.39, 0.29) is 11.4 Å². The average Bonchev–Trinajstić information content (AvgIpc) is 3.38. The number of benzene rings is 2. The van der Waals surface area contributed by atoms with Crippen molar-refractivity contribution in [2.45, 2.75) is 39.8 Å². The molecule has 1 aliphatic rings. The minimum atomic E-state index is -0.767. The van der Waals surface area contributed by atoms with Crippen LogP contribution in [0.2, 0.25) is 0 Å². The first-order chi connectivity index (χ1) is 18.7. The molecule has 8 nitrogen and oxygen atoms in total. The van der Waals surface area contributed by atoms with Crippen LogP contribution in [-0.2, 0) is 11.4 Å². The van der Waals surface area contributed by atoms with Crippen molar-refractivity contribution < 1.29 is 24.2 Å². The zero-order valence-corrected chi connectivity index (χ0v) is 23.9. The predicted octanol–water partition coefficient (Wildman–Crippen LogP) is 5.27. The highest BCUT2D eigenvalue weighted by molar-refractivity contribution is 7.14. The van der Waals surface area contributed by atoms with Gasteiger partial charge in [-0.2, -0.15) is 0 Å². The van der Waals surface area contributed by atoms with Crippen LogP contribution in [0.4, 0.5) is 0 Å². The number of carbonyl (C=O) groups is 2. The average molecular weight is 550 g/mol. The Hall–Kier alpha value is -3.69. The van der Waals surface area contributed by atoms with Crippen LogP contribution in [-0.4, -0.2) is 65.4 Å². The highest BCUT2D eigenvalue weighted by Gasteiger charge is 2.44. The van der Waals surface area contributed by atoms with Crippen molar-refractivity contribution >= 4 is 23.0 Å². The van der Waals surface area contributed by atoms with E-state index in [2.05, 4.69) is 4.98 Å². The summed E-state index contributed by atoms with van der Waals surface area (Å²) in [5.74, 6) is -0.380. The minimum absolute atomic E-state index is 0.0667. The van der Waals surface area contributed by atoms with Crippen molar-refractivity contribution in [3.63, 3.8) is 0 Å². The van der Waals surface area contributed by atoms with E-state index < -0.39 is 17.7 Å². The second-order valence-corrected chi connectivity index (χ2v) is 10.9. The van der Waals surface area contributed by atoms with Gasteiger partial charge in [0.15, 0.2) is 17.3 Å². The summed E-state index contributed by atoms with van der Waals surface area (Å²) in [6.45, 7) is 7.39. The molecule has 39 heavy (non-hydrogen) atoms. The predicted molar refractivity (Wildman–Crippen MR) is 152 cm³/mol. The minimum Gasteiger partial charge on any atom is -0.503 e. The molecule has 1 unspecified atom stereocenters. The van der Waals surface area contributed by atoms with Crippen molar-refractivity contribution in [1.29, 1.82) is 0 Å². The lowest BCUT2D eigenvalue weighted by molar-refractivity contribution is -0.129. The molecule has 0 fully saturated rings. The highest BCUT2D eigenvalue weighted by atomic mass is 32.1. The standard InChI is InChI=1S/C30H35N3O5S/c1-6-37-24-17-22(13-14-23(24)38-18-21-11-8-7-9-12-21)26-25(27(34)29-19(2)31-20(3)39-29)28(35)30(36)33(26)16-10-15-32(4)5/h7-9,11-14,17,26,35H,6,10,15-16,18H2,1-5H3. The molecule has 1 N–H and O–H groups in total. The highest BCUT2D eigenvalue weighted by Crippen LogP contribution is 2.42. The molecule has 0 saturated heterocycles. The Morgan fingerprint density at radius 1 is 1.10 bits per heavy atom. The van der Waals surface area contributed by atoms with Crippen LogP contribution >= 0.6 is 11.3 Å². The monoisotopic (exact) mass is 549 g/mol. The molecule has 1 aromatic heterocycles. The van der Waals surface area contributed by atoms with Gasteiger partial charge in [0.1, 0.15) is 6.61 Å². The lowest BCUT2D eigenvalue weighted by Gasteiger charge is -2.28. The SMILES string of the molecule is CCOc1cc(C2C(C(=O)c3sc(C)nc3C)=C(O)C(=O)N2CCCN(C)C)ccc1OCc1ccccc1. The molecule has 2 aromatic carbocycles. The Kier molecular flexibility index (Phi) is 9.04. The first kappa shape index (κ1) is 28.3. The zero-order valence-electron chi connectivity index (χ0n) is 23.1. The van der Waals surface area contributed by atoms with Crippen LogP contribution in [0.25, 0.3) is 0 Å². The molecule has 1 aliphatic heterocycles. The second-order valence-electron chi connectivity index (χ2n) is 9.71. The number of thiazole rings is 1. The van der Waals surface area contributed by atoms with Gasteiger partial charge >= 0.3 is 0 Å². The molecule has 0 spiro atoms. The zero-order chi connectivity index (χ0) is 28.1. The van der Waals surface area contributed by atoms with Crippen LogP contribution in [0.3, 0.4) is 0 Å². The molecule has 1 amide bonds. The molecule has 9 heteroatoms. The fourth-order valence-electron chi connectivity index (χ4n) is 4.70. The van der Waals surface area contributed by atoms with E-state index >= 15 is 0 Å². The number of aliphatic hydroxyl groups excluding tert-OH is 1. The van der Waals surface area contributed by atoms with Crippen LogP contribution < -0.4 is 9.47 Å². The van der Waals surface area contributed by atoms with E-state index in [4.69, 9.17) is 9.47 Å². The second kappa shape index (κ2) is 12.4. The molecule has 3 aromatic rings. The van der Waals surface area contributed by atoms with E-state index in [1.54, 1.807) is 24.0 Å². The van der Waals surface area contributed by atoms with E-state index in [0.717, 1.165) is 17.1 Å². The normalized spacial score (nSPS) is 15.4. The van der Waals surface area contributed by atoms with Gasteiger partial charge in [-0.15, -0.1) is 11.3 Å². The molecule has 206 valence electrons. The number of ketones is 1. The molecule has 0 aliphatic carbocycles. The van der Waals surface area contributed by atoms with E-state index in [1.165, 1.54) is 11.3 Å². The van der Waals surface area contributed by atoms with Gasteiger partial charge in [0.2, 0.25) is 5.78 Å². The Labute approximate surface area is 233 Å². The van der Waals surface area contributed by atoms with E-state index in [0.29, 0.717) is 53.8 Å². The third kappa shape index (κ3) is 6.32. The third-order valence-electron chi connectivity index (χ3n) is 6.48. The Morgan fingerprint density at radius 3 is 2.49 bits per heavy atom. The number of amides is 1. The Bertz CT molecular complexity index is 1370. The number of aryl methyl sites for hydroxylation is 2. The molecular formula is C30H35N3O5S. The Balaban J connectivity index is 1.72. The number of aromatic nitrogens is 1. The largest absolute Gasteiger partial charge is 0.503 e. The molecule has 0 radical (unpaired) electrons. The summed E-state index contributed by atoms with van der Waals surface area (Å²) >= 11 is 1.26. The molecular weight excluding hydrogens is 514 g/mol. The van der Waals surface area contributed by atoms with Crippen molar-refractivity contribution in [2.24, 2.45) is 0 Å². The van der Waals surface area contributed by atoms with E-state index in [1.807, 2.05) is 69.2 Å². The van der Waals surface area contributed by atoms with Crippen LogP contribution in [0.15, 0.2) is 59.9 Å². The number of rotatable bonds is 12. The fourth-order valence-corrected chi connectivity index (χ4v) is 5.58. The smallest absolute Gasteiger partial charge is 0.290 e. The summed E-state index contributed by atoms with van der Waals surface area (Å²) < 4.78 is 12.0. The molecule has 0 saturated carbocycles. The molecule has 0 bridgehead atoms. The van der Waals surface area contributed by atoms with Crippen molar-refractivity contribution in [3.05, 3.63) is 86.6 Å². The summed E-state index contributed by atoms with van der Waals surface area (Å²) in [4.78, 5) is 35.5. The van der Waals surface area contributed by atoms with Gasteiger partial charge in [-0.25, -0.2) is 4.98 Å². The van der Waals surface area contributed by atoms with Crippen LogP contribution in [0, 0.1) is 13.8 Å². The van der Waals surface area contributed by atoms with Gasteiger partial charge in [-0.3, -0.25) is 9.59 Å². The molecule has 4 rings (SSSR count). The first-order valence-electron chi connectivity index (χ1n) is 13.0. The summed E-state index contributed by atoms with van der Waals surface area (Å²) in [5, 5.41) is 11.8. The van der Waals surface area contributed by atoms with Crippen LogP contribution in [0.5, 0.6) is 11.5 Å². The number of Topliss-reactive ketones (excluding diaryl/α,β-unsaturated/α-hetero) is 1.